The molecule has 0 N–H and O–H groups in total. The fourth-order valence-corrected chi connectivity index (χ4v) is 1.24. The fraction of sp³-hybridized carbons (Fsp3) is 0.143. The fourth-order valence-electron chi connectivity index (χ4n) is 1.24. The topological polar surface area (TPSA) is 0 Å². The second-order valence-electron chi connectivity index (χ2n) is 3.47. The lowest BCUT2D eigenvalue weighted by Crippen LogP contribution is -1.80. The zero-order valence-electron chi connectivity index (χ0n) is 8.88. The monoisotopic (exact) mass is 184 g/mol. The Bertz CT molecular complexity index is 364. The molecular weight excluding hydrogens is 168 g/mol. The van der Waals surface area contributed by atoms with Gasteiger partial charge in [-0.15, -0.1) is 0 Å². The maximum absolute atomic E-state index is 3.86. The average Bonchev–Trinajstić information content (AvgIpc) is 2.18. The van der Waals surface area contributed by atoms with Crippen molar-refractivity contribution < 1.29 is 0 Å². The van der Waals surface area contributed by atoms with Crippen LogP contribution in [0.15, 0.2) is 55.1 Å². The van der Waals surface area contributed by atoms with E-state index in [9.17, 15) is 0 Å². The molecule has 0 fully saturated rings. The van der Waals surface area contributed by atoms with E-state index in [0.29, 0.717) is 0 Å². The lowest BCUT2D eigenvalue weighted by atomic mass is 10.0. The number of hydrogen-bond acceptors (Lipinski definition) is 0. The molecular formula is C14H16. The van der Waals surface area contributed by atoms with Crippen LogP contribution in [-0.4, -0.2) is 0 Å². The van der Waals surface area contributed by atoms with E-state index in [1.165, 1.54) is 16.7 Å². The molecule has 0 heterocycles. The molecule has 14 heavy (non-hydrogen) atoms. The molecule has 1 rings (SSSR count). The van der Waals surface area contributed by atoms with Crippen molar-refractivity contribution >= 4 is 5.57 Å². The van der Waals surface area contributed by atoms with Crippen molar-refractivity contribution in [2.45, 2.75) is 13.8 Å². The molecule has 0 aromatic heterocycles. The summed E-state index contributed by atoms with van der Waals surface area (Å²) < 4.78 is 0. The normalized spacial score (nSPS) is 11.1. The summed E-state index contributed by atoms with van der Waals surface area (Å²) in [6.45, 7) is 11.7. The SMILES string of the molecule is C=CC(=C)/C=C(\C)c1ccc(C)cc1. The van der Waals surface area contributed by atoms with Gasteiger partial charge in [0.05, 0.1) is 0 Å². The minimum atomic E-state index is 0.947. The van der Waals surface area contributed by atoms with E-state index in [1.54, 1.807) is 6.08 Å². The average molecular weight is 184 g/mol. The summed E-state index contributed by atoms with van der Waals surface area (Å²) in [7, 11) is 0. The van der Waals surface area contributed by atoms with Gasteiger partial charge in [0.2, 0.25) is 0 Å². The van der Waals surface area contributed by atoms with Gasteiger partial charge in [-0.3, -0.25) is 0 Å². The number of allylic oxidation sites excluding steroid dienone is 4. The Morgan fingerprint density at radius 2 is 1.79 bits per heavy atom. The van der Waals surface area contributed by atoms with Gasteiger partial charge in [-0.2, -0.15) is 0 Å². The van der Waals surface area contributed by atoms with Crippen molar-refractivity contribution in [3.63, 3.8) is 0 Å². The Morgan fingerprint density at radius 1 is 1.21 bits per heavy atom. The maximum Gasteiger partial charge on any atom is -0.0227 e. The third-order valence-corrected chi connectivity index (χ3v) is 2.17. The van der Waals surface area contributed by atoms with E-state index in [2.05, 4.69) is 51.3 Å². The zero-order chi connectivity index (χ0) is 10.6. The second kappa shape index (κ2) is 4.61. The van der Waals surface area contributed by atoms with Gasteiger partial charge in [0.25, 0.3) is 0 Å². The van der Waals surface area contributed by atoms with Crippen LogP contribution < -0.4 is 0 Å². The standard InChI is InChI=1S/C14H16/c1-5-11(2)10-13(4)14-8-6-12(3)7-9-14/h5-10H,1-2H2,3-4H3/b13-10+. The molecule has 0 nitrogen and oxygen atoms in total. The smallest absolute Gasteiger partial charge is 0.0227 e. The first-order chi connectivity index (χ1) is 6.63. The van der Waals surface area contributed by atoms with Gasteiger partial charge in [-0.1, -0.05) is 55.1 Å². The van der Waals surface area contributed by atoms with Gasteiger partial charge in [0, 0.05) is 0 Å². The van der Waals surface area contributed by atoms with E-state index in [4.69, 9.17) is 0 Å². The van der Waals surface area contributed by atoms with Crippen molar-refractivity contribution in [2.75, 3.05) is 0 Å². The first-order valence-electron chi connectivity index (χ1n) is 4.70. The number of aryl methyl sites for hydroxylation is 1. The van der Waals surface area contributed by atoms with E-state index in [1.807, 2.05) is 6.08 Å². The molecule has 0 saturated carbocycles. The molecule has 0 radical (unpaired) electrons. The predicted molar refractivity (Wildman–Crippen MR) is 64.2 cm³/mol. The van der Waals surface area contributed by atoms with Gasteiger partial charge in [0.15, 0.2) is 0 Å². The zero-order valence-corrected chi connectivity index (χ0v) is 8.88. The van der Waals surface area contributed by atoms with Crippen LogP contribution in [0.25, 0.3) is 5.57 Å². The Kier molecular flexibility index (Phi) is 3.47. The molecule has 0 aliphatic carbocycles. The van der Waals surface area contributed by atoms with Gasteiger partial charge < -0.3 is 0 Å². The van der Waals surface area contributed by atoms with Gasteiger partial charge >= 0.3 is 0 Å². The van der Waals surface area contributed by atoms with Crippen molar-refractivity contribution in [3.05, 3.63) is 66.3 Å². The van der Waals surface area contributed by atoms with E-state index in [0.717, 1.165) is 5.57 Å². The molecule has 1 aromatic rings. The lowest BCUT2D eigenvalue weighted by Gasteiger charge is -2.02. The van der Waals surface area contributed by atoms with Crippen LogP contribution in [0.1, 0.15) is 18.1 Å². The molecule has 72 valence electrons. The number of benzene rings is 1. The molecule has 0 aliphatic rings. The summed E-state index contributed by atoms with van der Waals surface area (Å²) in [6, 6.07) is 8.47. The Hall–Kier alpha value is -1.56. The summed E-state index contributed by atoms with van der Waals surface area (Å²) in [5.74, 6) is 0. The van der Waals surface area contributed by atoms with Crippen molar-refractivity contribution in [1.29, 1.82) is 0 Å². The summed E-state index contributed by atoms with van der Waals surface area (Å²) in [5, 5.41) is 0. The van der Waals surface area contributed by atoms with Crippen molar-refractivity contribution in [3.8, 4) is 0 Å². The highest BCUT2D eigenvalue weighted by atomic mass is 14.0. The second-order valence-corrected chi connectivity index (χ2v) is 3.47. The minimum Gasteiger partial charge on any atom is -0.0985 e. The van der Waals surface area contributed by atoms with Gasteiger partial charge in [0.1, 0.15) is 0 Å². The summed E-state index contributed by atoms with van der Waals surface area (Å²) in [5.41, 5.74) is 4.68. The highest BCUT2D eigenvalue weighted by Gasteiger charge is 1.94. The Morgan fingerprint density at radius 3 is 2.29 bits per heavy atom. The molecule has 0 amide bonds. The molecule has 0 aliphatic heterocycles. The predicted octanol–water partition coefficient (Wildman–Crippen LogP) is 4.14. The van der Waals surface area contributed by atoms with E-state index < -0.39 is 0 Å². The molecule has 0 saturated heterocycles. The number of hydrogen-bond donors (Lipinski definition) is 0. The van der Waals surface area contributed by atoms with Crippen molar-refractivity contribution in [2.24, 2.45) is 0 Å². The minimum absolute atomic E-state index is 0.947. The highest BCUT2D eigenvalue weighted by molar-refractivity contribution is 5.67. The summed E-state index contributed by atoms with van der Waals surface area (Å²) in [6.07, 6.45) is 3.80. The maximum atomic E-state index is 3.86. The Labute approximate surface area is 86.3 Å². The molecule has 0 heteroatoms. The van der Waals surface area contributed by atoms with Crippen LogP contribution in [0.3, 0.4) is 0 Å². The Balaban J connectivity index is 2.94. The van der Waals surface area contributed by atoms with E-state index in [-0.39, 0.29) is 0 Å². The first kappa shape index (κ1) is 10.5. The van der Waals surface area contributed by atoms with Crippen LogP contribution in [0, 0.1) is 6.92 Å². The first-order valence-corrected chi connectivity index (χ1v) is 4.70. The van der Waals surface area contributed by atoms with Crippen LogP contribution in [0.4, 0.5) is 0 Å². The molecule has 1 aromatic carbocycles. The van der Waals surface area contributed by atoms with Gasteiger partial charge in [-0.25, -0.2) is 0 Å². The third kappa shape index (κ3) is 2.74. The van der Waals surface area contributed by atoms with Crippen LogP contribution >= 0.6 is 0 Å². The molecule has 0 atom stereocenters. The largest absolute Gasteiger partial charge is 0.0985 e. The highest BCUT2D eigenvalue weighted by Crippen LogP contribution is 2.16. The summed E-state index contributed by atoms with van der Waals surface area (Å²) in [4.78, 5) is 0. The van der Waals surface area contributed by atoms with E-state index >= 15 is 0 Å². The van der Waals surface area contributed by atoms with Crippen LogP contribution in [0.5, 0.6) is 0 Å². The lowest BCUT2D eigenvalue weighted by molar-refractivity contribution is 1.44. The van der Waals surface area contributed by atoms with Crippen molar-refractivity contribution in [1.82, 2.24) is 0 Å². The third-order valence-electron chi connectivity index (χ3n) is 2.17. The summed E-state index contributed by atoms with van der Waals surface area (Å²) >= 11 is 0. The molecule has 0 spiro atoms. The van der Waals surface area contributed by atoms with Gasteiger partial charge in [-0.05, 0) is 30.6 Å². The quantitative estimate of drug-likeness (QED) is 0.619. The van der Waals surface area contributed by atoms with Crippen LogP contribution in [0.2, 0.25) is 0 Å². The van der Waals surface area contributed by atoms with Crippen LogP contribution in [-0.2, 0) is 0 Å². The molecule has 0 bridgehead atoms. The number of rotatable bonds is 3. The molecule has 0 unspecified atom stereocenters.